The molecule has 1 N–H and O–H groups in total. The third kappa shape index (κ3) is 5.64. The van der Waals surface area contributed by atoms with Crippen molar-refractivity contribution < 1.29 is 13.9 Å². The molecule has 0 aliphatic carbocycles. The molecular weight excluding hydrogens is 480 g/mol. The molecule has 0 aliphatic rings. The van der Waals surface area contributed by atoms with E-state index in [-0.39, 0.29) is 12.4 Å². The van der Waals surface area contributed by atoms with E-state index in [1.165, 1.54) is 12.1 Å². The molecule has 0 fully saturated rings. The van der Waals surface area contributed by atoms with Gasteiger partial charge in [0, 0.05) is 38.7 Å². The van der Waals surface area contributed by atoms with E-state index >= 15 is 0 Å². The van der Waals surface area contributed by atoms with Crippen LogP contribution in [0.15, 0.2) is 59.1 Å². The minimum Gasteiger partial charge on any atom is -0.493 e. The van der Waals surface area contributed by atoms with Gasteiger partial charge in [0.05, 0.1) is 7.11 Å². The van der Waals surface area contributed by atoms with Crippen LogP contribution in [0.3, 0.4) is 0 Å². The first-order chi connectivity index (χ1) is 14.0. The van der Waals surface area contributed by atoms with E-state index in [0.29, 0.717) is 40.2 Å². The lowest BCUT2D eigenvalue weighted by Gasteiger charge is -2.18. The Morgan fingerprint density at radius 2 is 1.62 bits per heavy atom. The van der Waals surface area contributed by atoms with E-state index in [1.54, 1.807) is 37.4 Å². The van der Waals surface area contributed by atoms with Crippen molar-refractivity contribution in [3.05, 3.63) is 91.6 Å². The molecule has 3 nitrogen and oxygen atoms in total. The Morgan fingerprint density at radius 1 is 0.931 bits per heavy atom. The molecule has 0 atom stereocenters. The molecule has 0 spiro atoms. The van der Waals surface area contributed by atoms with E-state index in [1.807, 2.05) is 12.1 Å². The standard InChI is InChI=1S/C22H19BrCl2FNO2/c1-28-21-10-9-18(23)16(12-27-11-14-5-7-15(26)8-6-14)22(21)29-13-17-19(24)3-2-4-20(17)25/h2-10,27H,11-13H2,1H3. The third-order valence-electron chi connectivity index (χ3n) is 4.35. The minimum atomic E-state index is -0.252. The van der Waals surface area contributed by atoms with E-state index in [9.17, 15) is 4.39 Å². The van der Waals surface area contributed by atoms with Crippen LogP contribution in [0.1, 0.15) is 16.7 Å². The molecule has 29 heavy (non-hydrogen) atoms. The summed E-state index contributed by atoms with van der Waals surface area (Å²) in [6, 6.07) is 15.5. The summed E-state index contributed by atoms with van der Waals surface area (Å²) in [4.78, 5) is 0. The quantitative estimate of drug-likeness (QED) is 0.371. The van der Waals surface area contributed by atoms with E-state index in [0.717, 1.165) is 15.6 Å². The number of halogens is 4. The SMILES string of the molecule is COc1ccc(Br)c(CNCc2ccc(F)cc2)c1OCc1c(Cl)cccc1Cl. The molecule has 0 saturated carbocycles. The summed E-state index contributed by atoms with van der Waals surface area (Å²) in [7, 11) is 1.59. The smallest absolute Gasteiger partial charge is 0.167 e. The van der Waals surface area contributed by atoms with Gasteiger partial charge in [-0.05, 0) is 42.0 Å². The van der Waals surface area contributed by atoms with Gasteiger partial charge in [-0.2, -0.15) is 0 Å². The number of methoxy groups -OCH3 is 1. The summed E-state index contributed by atoms with van der Waals surface area (Å²) in [5.74, 6) is 0.956. The molecule has 0 saturated heterocycles. The second kappa shape index (κ2) is 10.3. The molecule has 0 aromatic heterocycles. The lowest BCUT2D eigenvalue weighted by molar-refractivity contribution is 0.280. The highest BCUT2D eigenvalue weighted by atomic mass is 79.9. The summed E-state index contributed by atoms with van der Waals surface area (Å²) < 4.78 is 25.5. The zero-order valence-corrected chi connectivity index (χ0v) is 18.7. The van der Waals surface area contributed by atoms with Crippen LogP contribution < -0.4 is 14.8 Å². The Morgan fingerprint density at radius 3 is 2.28 bits per heavy atom. The van der Waals surface area contributed by atoms with Gasteiger partial charge >= 0.3 is 0 Å². The zero-order chi connectivity index (χ0) is 20.8. The topological polar surface area (TPSA) is 30.5 Å². The van der Waals surface area contributed by atoms with Crippen molar-refractivity contribution in [3.63, 3.8) is 0 Å². The fraction of sp³-hybridized carbons (Fsp3) is 0.182. The van der Waals surface area contributed by atoms with Gasteiger partial charge in [0.25, 0.3) is 0 Å². The summed E-state index contributed by atoms with van der Waals surface area (Å²) in [5.41, 5.74) is 2.59. The van der Waals surface area contributed by atoms with Crippen LogP contribution in [0.4, 0.5) is 4.39 Å². The Kier molecular flexibility index (Phi) is 7.78. The van der Waals surface area contributed by atoms with Gasteiger partial charge < -0.3 is 14.8 Å². The monoisotopic (exact) mass is 497 g/mol. The van der Waals surface area contributed by atoms with Gasteiger partial charge in [-0.15, -0.1) is 0 Å². The molecule has 7 heteroatoms. The van der Waals surface area contributed by atoms with Crippen LogP contribution in [-0.4, -0.2) is 7.11 Å². The fourth-order valence-electron chi connectivity index (χ4n) is 2.81. The molecule has 0 unspecified atom stereocenters. The van der Waals surface area contributed by atoms with Crippen molar-refractivity contribution in [2.24, 2.45) is 0 Å². The molecule has 0 bridgehead atoms. The van der Waals surface area contributed by atoms with Gasteiger partial charge in [0.2, 0.25) is 0 Å². The molecule has 0 aliphatic heterocycles. The maximum Gasteiger partial charge on any atom is 0.167 e. The van der Waals surface area contributed by atoms with E-state index in [2.05, 4.69) is 21.2 Å². The van der Waals surface area contributed by atoms with Crippen molar-refractivity contribution in [2.45, 2.75) is 19.7 Å². The molecule has 3 aromatic rings. The number of hydrogen-bond acceptors (Lipinski definition) is 3. The van der Waals surface area contributed by atoms with Crippen LogP contribution >= 0.6 is 39.1 Å². The van der Waals surface area contributed by atoms with Crippen molar-refractivity contribution in [1.82, 2.24) is 5.32 Å². The number of rotatable bonds is 8. The second-order valence-corrected chi connectivity index (χ2v) is 7.94. The number of benzene rings is 3. The van der Waals surface area contributed by atoms with Gasteiger partial charge in [-0.1, -0.05) is 57.3 Å². The molecule has 152 valence electrons. The molecule has 3 aromatic carbocycles. The summed E-state index contributed by atoms with van der Waals surface area (Å²) in [6.45, 7) is 1.30. The van der Waals surface area contributed by atoms with Crippen molar-refractivity contribution >= 4 is 39.1 Å². The van der Waals surface area contributed by atoms with Crippen LogP contribution in [-0.2, 0) is 19.7 Å². The van der Waals surface area contributed by atoms with Crippen molar-refractivity contribution in [3.8, 4) is 11.5 Å². The summed E-state index contributed by atoms with van der Waals surface area (Å²) in [6.07, 6.45) is 0. The van der Waals surface area contributed by atoms with Crippen LogP contribution in [0.2, 0.25) is 10.0 Å². The van der Waals surface area contributed by atoms with Gasteiger partial charge in [0.15, 0.2) is 11.5 Å². The molecular formula is C22H19BrCl2FNO2. The highest BCUT2D eigenvalue weighted by molar-refractivity contribution is 9.10. The highest BCUT2D eigenvalue weighted by Gasteiger charge is 2.16. The lowest BCUT2D eigenvalue weighted by Crippen LogP contribution is -2.14. The maximum atomic E-state index is 13.1. The average molecular weight is 499 g/mol. The predicted molar refractivity (Wildman–Crippen MR) is 118 cm³/mol. The van der Waals surface area contributed by atoms with Crippen LogP contribution in [0.25, 0.3) is 0 Å². The van der Waals surface area contributed by atoms with Gasteiger partial charge in [-0.25, -0.2) is 4.39 Å². The van der Waals surface area contributed by atoms with Crippen LogP contribution in [0, 0.1) is 5.82 Å². The number of hydrogen-bond donors (Lipinski definition) is 1. The minimum absolute atomic E-state index is 0.205. The Labute approximate surface area is 187 Å². The molecule has 0 amide bonds. The number of nitrogens with one attached hydrogen (secondary N) is 1. The third-order valence-corrected chi connectivity index (χ3v) is 5.80. The Hall–Kier alpha value is -1.79. The predicted octanol–water partition coefficient (Wildman–Crippen LogP) is 6.77. The normalized spacial score (nSPS) is 10.8. The lowest BCUT2D eigenvalue weighted by atomic mass is 10.1. The molecule has 0 heterocycles. The maximum absolute atomic E-state index is 13.1. The molecule has 3 rings (SSSR count). The average Bonchev–Trinajstić information content (AvgIpc) is 2.71. The summed E-state index contributed by atoms with van der Waals surface area (Å²) in [5, 5.41) is 4.44. The first-order valence-electron chi connectivity index (χ1n) is 8.85. The molecule has 0 radical (unpaired) electrons. The zero-order valence-electron chi connectivity index (χ0n) is 15.6. The Bertz CT molecular complexity index is 963. The van der Waals surface area contributed by atoms with E-state index in [4.69, 9.17) is 32.7 Å². The largest absolute Gasteiger partial charge is 0.493 e. The first kappa shape index (κ1) is 21.9. The summed E-state index contributed by atoms with van der Waals surface area (Å²) >= 11 is 16.1. The Balaban J connectivity index is 1.78. The van der Waals surface area contributed by atoms with Crippen molar-refractivity contribution in [1.29, 1.82) is 0 Å². The second-order valence-electron chi connectivity index (χ2n) is 6.28. The highest BCUT2D eigenvalue weighted by Crippen LogP contribution is 2.37. The van der Waals surface area contributed by atoms with Crippen LogP contribution in [0.5, 0.6) is 11.5 Å². The van der Waals surface area contributed by atoms with Gasteiger partial charge in [0.1, 0.15) is 12.4 Å². The van der Waals surface area contributed by atoms with Gasteiger partial charge in [-0.3, -0.25) is 0 Å². The van der Waals surface area contributed by atoms with Crippen molar-refractivity contribution in [2.75, 3.05) is 7.11 Å². The fourth-order valence-corrected chi connectivity index (χ4v) is 3.77. The number of ether oxygens (including phenoxy) is 2. The van der Waals surface area contributed by atoms with E-state index < -0.39 is 0 Å². The first-order valence-corrected chi connectivity index (χ1v) is 10.4.